The van der Waals surface area contributed by atoms with Gasteiger partial charge in [0.05, 0.1) is 5.75 Å². The third-order valence-electron chi connectivity index (χ3n) is 5.76. The van der Waals surface area contributed by atoms with Gasteiger partial charge >= 0.3 is 0 Å². The van der Waals surface area contributed by atoms with Gasteiger partial charge in [0.2, 0.25) is 11.8 Å². The Labute approximate surface area is 171 Å². The summed E-state index contributed by atoms with van der Waals surface area (Å²) in [5.41, 5.74) is 0.0288. The molecule has 2 amide bonds. The van der Waals surface area contributed by atoms with Crippen LogP contribution in [0.3, 0.4) is 0 Å². The predicted octanol–water partition coefficient (Wildman–Crippen LogP) is 2.28. The predicted molar refractivity (Wildman–Crippen MR) is 113 cm³/mol. The van der Waals surface area contributed by atoms with Crippen molar-refractivity contribution in [3.05, 3.63) is 22.4 Å². The minimum absolute atomic E-state index is 0.0288. The molecular formula is C20H31N3O2S2. The van der Waals surface area contributed by atoms with E-state index >= 15 is 0 Å². The maximum atomic E-state index is 12.8. The number of thiophene rings is 1. The molecule has 7 heteroatoms. The van der Waals surface area contributed by atoms with E-state index in [1.165, 1.54) is 4.88 Å². The van der Waals surface area contributed by atoms with E-state index in [0.717, 1.165) is 45.6 Å². The Hall–Kier alpha value is -1.05. The van der Waals surface area contributed by atoms with Crippen molar-refractivity contribution in [2.75, 3.05) is 58.8 Å². The molecule has 150 valence electrons. The number of carbonyl (C=O) groups is 2. The number of hydrogen-bond donors (Lipinski definition) is 0. The normalized spacial score (nSPS) is 24.7. The van der Waals surface area contributed by atoms with Gasteiger partial charge in [-0.1, -0.05) is 6.07 Å². The van der Waals surface area contributed by atoms with Crippen LogP contribution in [0.15, 0.2) is 17.5 Å². The van der Waals surface area contributed by atoms with Gasteiger partial charge in [-0.2, -0.15) is 11.8 Å². The van der Waals surface area contributed by atoms with Crippen molar-refractivity contribution in [1.82, 2.24) is 14.7 Å². The smallest absolute Gasteiger partial charge is 0.232 e. The SMILES string of the molecule is CSCC(=O)N1CC2CN(C(=O)CCCc3cccs3)CC2(CN(C)C)C1. The number of aryl methyl sites for hydroxylation is 1. The second-order valence-corrected chi connectivity index (χ2v) is 10.1. The van der Waals surface area contributed by atoms with E-state index in [1.54, 1.807) is 23.1 Å². The molecule has 1 aromatic heterocycles. The molecule has 3 rings (SSSR count). The van der Waals surface area contributed by atoms with E-state index in [0.29, 0.717) is 18.1 Å². The van der Waals surface area contributed by atoms with Crippen molar-refractivity contribution in [2.24, 2.45) is 11.3 Å². The Morgan fingerprint density at radius 3 is 2.56 bits per heavy atom. The third kappa shape index (κ3) is 4.87. The molecule has 0 aliphatic carbocycles. The Kier molecular flexibility index (Phi) is 6.87. The zero-order valence-electron chi connectivity index (χ0n) is 16.6. The number of carbonyl (C=O) groups excluding carboxylic acids is 2. The van der Waals surface area contributed by atoms with E-state index in [-0.39, 0.29) is 17.2 Å². The summed E-state index contributed by atoms with van der Waals surface area (Å²) >= 11 is 3.35. The number of hydrogen-bond acceptors (Lipinski definition) is 5. The molecule has 5 nitrogen and oxygen atoms in total. The molecule has 0 radical (unpaired) electrons. The van der Waals surface area contributed by atoms with Crippen molar-refractivity contribution >= 4 is 34.9 Å². The zero-order valence-corrected chi connectivity index (χ0v) is 18.3. The highest BCUT2D eigenvalue weighted by Crippen LogP contribution is 2.43. The second kappa shape index (κ2) is 8.97. The minimum Gasteiger partial charge on any atom is -0.342 e. The number of fused-ring (bicyclic) bond motifs is 1. The fraction of sp³-hybridized carbons (Fsp3) is 0.700. The Bertz CT molecular complexity index is 650. The van der Waals surface area contributed by atoms with Gasteiger partial charge in [-0.05, 0) is 44.6 Å². The molecule has 2 aliphatic heterocycles. The average molecular weight is 410 g/mol. The van der Waals surface area contributed by atoms with Crippen LogP contribution in [0.25, 0.3) is 0 Å². The second-order valence-electron chi connectivity index (χ2n) is 8.21. The lowest BCUT2D eigenvalue weighted by Gasteiger charge is -2.32. The molecule has 1 aromatic rings. The van der Waals surface area contributed by atoms with Crippen molar-refractivity contribution in [1.29, 1.82) is 0 Å². The summed E-state index contributed by atoms with van der Waals surface area (Å²) in [7, 11) is 4.17. The number of thioether (sulfide) groups is 1. The molecule has 0 N–H and O–H groups in total. The molecule has 2 aliphatic rings. The Morgan fingerprint density at radius 1 is 1.26 bits per heavy atom. The summed E-state index contributed by atoms with van der Waals surface area (Å²) in [4.78, 5) is 32.8. The number of amides is 2. The van der Waals surface area contributed by atoms with Crippen molar-refractivity contribution in [3.63, 3.8) is 0 Å². The minimum atomic E-state index is 0.0288. The lowest BCUT2D eigenvalue weighted by Crippen LogP contribution is -2.44. The molecule has 3 heterocycles. The highest BCUT2D eigenvalue weighted by molar-refractivity contribution is 7.99. The molecule has 27 heavy (non-hydrogen) atoms. The quantitative estimate of drug-likeness (QED) is 0.661. The van der Waals surface area contributed by atoms with E-state index in [4.69, 9.17) is 0 Å². The van der Waals surface area contributed by atoms with Crippen LogP contribution in [0.5, 0.6) is 0 Å². The summed E-state index contributed by atoms with van der Waals surface area (Å²) in [6.45, 7) is 4.10. The van der Waals surface area contributed by atoms with Gasteiger partial charge in [0, 0.05) is 55.4 Å². The van der Waals surface area contributed by atoms with Gasteiger partial charge in [-0.15, -0.1) is 11.3 Å². The fourth-order valence-corrected chi connectivity index (χ4v) is 5.84. The fourth-order valence-electron chi connectivity index (χ4n) is 4.66. The van der Waals surface area contributed by atoms with E-state index in [1.807, 2.05) is 11.2 Å². The average Bonchev–Trinajstić information content (AvgIpc) is 3.28. The van der Waals surface area contributed by atoms with E-state index < -0.39 is 0 Å². The Balaban J connectivity index is 1.58. The zero-order chi connectivity index (χ0) is 19.4. The van der Waals surface area contributed by atoms with Crippen LogP contribution < -0.4 is 0 Å². The molecule has 0 saturated carbocycles. The highest BCUT2D eigenvalue weighted by atomic mass is 32.2. The number of likely N-dealkylation sites (tertiary alicyclic amines) is 2. The standard InChI is InChI=1S/C20H31N3O2S2/c1-21(2)13-20-14-22(18(24)8-4-6-17-7-5-9-27-17)10-16(20)11-23(15-20)19(25)12-26-3/h5,7,9,16H,4,6,8,10-15H2,1-3H3. The maximum absolute atomic E-state index is 12.8. The third-order valence-corrected chi connectivity index (χ3v) is 7.23. The summed E-state index contributed by atoms with van der Waals surface area (Å²) < 4.78 is 0. The lowest BCUT2D eigenvalue weighted by atomic mass is 9.80. The number of nitrogens with zero attached hydrogens (tertiary/aromatic N) is 3. The summed E-state index contributed by atoms with van der Waals surface area (Å²) in [6, 6.07) is 4.21. The van der Waals surface area contributed by atoms with Crippen molar-refractivity contribution in [2.45, 2.75) is 19.3 Å². The van der Waals surface area contributed by atoms with Crippen LogP contribution in [0.2, 0.25) is 0 Å². The Morgan fingerprint density at radius 2 is 1.96 bits per heavy atom. The van der Waals surface area contributed by atoms with Crippen molar-refractivity contribution in [3.8, 4) is 0 Å². The van der Waals surface area contributed by atoms with Crippen LogP contribution in [0.4, 0.5) is 0 Å². The molecule has 0 spiro atoms. The molecule has 0 aromatic carbocycles. The first-order chi connectivity index (χ1) is 12.9. The summed E-state index contributed by atoms with van der Waals surface area (Å²) in [6.07, 6.45) is 4.50. The van der Waals surface area contributed by atoms with Crippen LogP contribution in [-0.2, 0) is 16.0 Å². The van der Waals surface area contributed by atoms with Crippen LogP contribution in [-0.4, -0.2) is 85.3 Å². The topological polar surface area (TPSA) is 43.9 Å². The van der Waals surface area contributed by atoms with Gasteiger partial charge in [0.1, 0.15) is 0 Å². The maximum Gasteiger partial charge on any atom is 0.232 e. The summed E-state index contributed by atoms with van der Waals surface area (Å²) in [5, 5.41) is 2.09. The molecule has 2 saturated heterocycles. The van der Waals surface area contributed by atoms with Crippen LogP contribution >= 0.6 is 23.1 Å². The van der Waals surface area contributed by atoms with Gasteiger partial charge in [-0.3, -0.25) is 9.59 Å². The van der Waals surface area contributed by atoms with E-state index in [2.05, 4.69) is 41.4 Å². The molecular weight excluding hydrogens is 378 g/mol. The largest absolute Gasteiger partial charge is 0.342 e. The molecule has 0 bridgehead atoms. The highest BCUT2D eigenvalue weighted by Gasteiger charge is 2.54. The monoisotopic (exact) mass is 409 g/mol. The first kappa shape index (κ1) is 20.7. The van der Waals surface area contributed by atoms with Crippen LogP contribution in [0.1, 0.15) is 17.7 Å². The molecule has 2 atom stereocenters. The van der Waals surface area contributed by atoms with E-state index in [9.17, 15) is 9.59 Å². The van der Waals surface area contributed by atoms with Gasteiger partial charge in [0.25, 0.3) is 0 Å². The lowest BCUT2D eigenvalue weighted by molar-refractivity contribution is -0.131. The summed E-state index contributed by atoms with van der Waals surface area (Å²) in [5.74, 6) is 1.47. The number of rotatable bonds is 8. The first-order valence-corrected chi connectivity index (χ1v) is 11.9. The van der Waals surface area contributed by atoms with Gasteiger partial charge < -0.3 is 14.7 Å². The van der Waals surface area contributed by atoms with Gasteiger partial charge in [0.15, 0.2) is 0 Å². The first-order valence-electron chi connectivity index (χ1n) is 9.65. The molecule has 2 fully saturated rings. The van der Waals surface area contributed by atoms with Gasteiger partial charge in [-0.25, -0.2) is 0 Å². The van der Waals surface area contributed by atoms with Crippen LogP contribution in [0, 0.1) is 11.3 Å². The van der Waals surface area contributed by atoms with Crippen molar-refractivity contribution < 1.29 is 9.59 Å². The molecule has 2 unspecified atom stereocenters.